The van der Waals surface area contributed by atoms with Crippen LogP contribution in [-0.2, 0) is 9.53 Å². The number of carbonyl (C=O) groups is 2. The van der Waals surface area contributed by atoms with Crippen molar-refractivity contribution in [2.75, 3.05) is 6.61 Å². The highest BCUT2D eigenvalue weighted by Gasteiger charge is 2.25. The summed E-state index contributed by atoms with van der Waals surface area (Å²) in [5.74, 6) is -1.10. The van der Waals surface area contributed by atoms with E-state index >= 15 is 0 Å². The molecule has 4 nitrogen and oxygen atoms in total. The van der Waals surface area contributed by atoms with Crippen LogP contribution in [0.1, 0.15) is 34.3 Å². The van der Waals surface area contributed by atoms with Crippen molar-refractivity contribution in [2.24, 2.45) is 0 Å². The van der Waals surface area contributed by atoms with Crippen molar-refractivity contribution in [3.8, 4) is 5.75 Å². The molecule has 0 saturated heterocycles. The molecule has 0 radical (unpaired) electrons. The lowest BCUT2D eigenvalue weighted by molar-refractivity contribution is -0.135. The lowest BCUT2D eigenvalue weighted by Crippen LogP contribution is -2.20. The van der Waals surface area contributed by atoms with Gasteiger partial charge in [-0.15, -0.1) is 0 Å². The lowest BCUT2D eigenvalue weighted by Gasteiger charge is -2.17. The lowest BCUT2D eigenvalue weighted by atomic mass is 9.91. The van der Waals surface area contributed by atoms with E-state index in [1.54, 1.807) is 25.1 Å². The van der Waals surface area contributed by atoms with Crippen molar-refractivity contribution in [2.45, 2.75) is 12.8 Å². The van der Waals surface area contributed by atoms with Crippen molar-refractivity contribution in [1.82, 2.24) is 0 Å². The molecule has 4 heteroatoms. The molecule has 0 saturated carbocycles. The Morgan fingerprint density at radius 2 is 1.41 bits per heavy atom. The second kappa shape index (κ2) is 8.81. The van der Waals surface area contributed by atoms with Gasteiger partial charge in [0.2, 0.25) is 0 Å². The van der Waals surface area contributed by atoms with Crippen LogP contribution >= 0.6 is 0 Å². The van der Waals surface area contributed by atoms with Crippen LogP contribution < -0.4 is 4.74 Å². The molecule has 0 aliphatic carbocycles. The van der Waals surface area contributed by atoms with Crippen LogP contribution in [0.4, 0.5) is 0 Å². The third kappa shape index (κ3) is 4.61. The van der Waals surface area contributed by atoms with Crippen LogP contribution in [0.5, 0.6) is 5.75 Å². The number of benzene rings is 3. The molecule has 3 rings (SSSR count). The summed E-state index contributed by atoms with van der Waals surface area (Å²) < 4.78 is 10.6. The first-order valence-corrected chi connectivity index (χ1v) is 8.78. The molecule has 0 amide bonds. The molecular formula is C23H20O4. The smallest absolute Gasteiger partial charge is 0.338 e. The summed E-state index contributed by atoms with van der Waals surface area (Å²) >= 11 is 0. The first kappa shape index (κ1) is 18.4. The van der Waals surface area contributed by atoms with Crippen molar-refractivity contribution < 1.29 is 19.1 Å². The van der Waals surface area contributed by atoms with Crippen LogP contribution in [0.15, 0.2) is 84.9 Å². The Labute approximate surface area is 158 Å². The summed E-state index contributed by atoms with van der Waals surface area (Å²) in [5, 5.41) is 0. The summed E-state index contributed by atoms with van der Waals surface area (Å²) in [7, 11) is 0. The zero-order valence-electron chi connectivity index (χ0n) is 15.0. The van der Waals surface area contributed by atoms with E-state index in [1.807, 2.05) is 60.7 Å². The standard InChI is InChI=1S/C23H20O4/c1-2-26-22(24)19-14-9-15-20(16-19)27-23(25)21(17-10-5-3-6-11-17)18-12-7-4-8-13-18/h3-16,21H,2H2,1H3. The molecule has 0 fully saturated rings. The Morgan fingerprint density at radius 3 is 1.96 bits per heavy atom. The van der Waals surface area contributed by atoms with Crippen LogP contribution in [0, 0.1) is 0 Å². The van der Waals surface area contributed by atoms with Crippen LogP contribution in [0.2, 0.25) is 0 Å². The molecule has 0 N–H and O–H groups in total. The van der Waals surface area contributed by atoms with E-state index in [1.165, 1.54) is 6.07 Å². The van der Waals surface area contributed by atoms with Crippen molar-refractivity contribution in [3.63, 3.8) is 0 Å². The fourth-order valence-corrected chi connectivity index (χ4v) is 2.83. The summed E-state index contributed by atoms with van der Waals surface area (Å²) in [6.07, 6.45) is 0. The SMILES string of the molecule is CCOC(=O)c1cccc(OC(=O)C(c2ccccc2)c2ccccc2)c1. The first-order chi connectivity index (χ1) is 13.2. The monoisotopic (exact) mass is 360 g/mol. The van der Waals surface area contributed by atoms with Gasteiger partial charge in [0.1, 0.15) is 11.7 Å². The molecule has 3 aromatic carbocycles. The predicted molar refractivity (Wildman–Crippen MR) is 103 cm³/mol. The normalized spacial score (nSPS) is 10.4. The zero-order valence-corrected chi connectivity index (χ0v) is 15.0. The third-order valence-corrected chi connectivity index (χ3v) is 4.07. The first-order valence-electron chi connectivity index (χ1n) is 8.78. The van der Waals surface area contributed by atoms with E-state index < -0.39 is 17.9 Å². The van der Waals surface area contributed by atoms with E-state index in [9.17, 15) is 9.59 Å². The molecule has 3 aromatic rings. The van der Waals surface area contributed by atoms with Gasteiger partial charge in [-0.3, -0.25) is 4.79 Å². The second-order valence-corrected chi connectivity index (χ2v) is 5.92. The molecule has 0 aromatic heterocycles. The van der Waals surface area contributed by atoms with Gasteiger partial charge >= 0.3 is 11.9 Å². The molecule has 0 aliphatic rings. The minimum Gasteiger partial charge on any atom is -0.462 e. The van der Waals surface area contributed by atoms with Gasteiger partial charge in [-0.25, -0.2) is 4.79 Å². The van der Waals surface area contributed by atoms with E-state index in [2.05, 4.69) is 0 Å². The van der Waals surface area contributed by atoms with E-state index in [4.69, 9.17) is 9.47 Å². The second-order valence-electron chi connectivity index (χ2n) is 5.92. The number of hydrogen-bond acceptors (Lipinski definition) is 4. The Balaban J connectivity index is 1.88. The van der Waals surface area contributed by atoms with Gasteiger partial charge < -0.3 is 9.47 Å². The van der Waals surface area contributed by atoms with Crippen molar-refractivity contribution >= 4 is 11.9 Å². The van der Waals surface area contributed by atoms with Crippen LogP contribution in [0.25, 0.3) is 0 Å². The Bertz CT molecular complexity index is 864. The molecule has 0 bridgehead atoms. The summed E-state index contributed by atoms with van der Waals surface area (Å²) in [5.41, 5.74) is 2.03. The number of ether oxygens (including phenoxy) is 2. The number of esters is 2. The molecule has 0 atom stereocenters. The number of carbonyl (C=O) groups excluding carboxylic acids is 2. The average Bonchev–Trinajstić information content (AvgIpc) is 2.70. The maximum absolute atomic E-state index is 13.0. The Morgan fingerprint density at radius 1 is 0.815 bits per heavy atom. The highest BCUT2D eigenvalue weighted by molar-refractivity contribution is 5.90. The van der Waals surface area contributed by atoms with Gasteiger partial charge in [0.25, 0.3) is 0 Å². The molecule has 136 valence electrons. The van der Waals surface area contributed by atoms with Crippen LogP contribution in [0.3, 0.4) is 0 Å². The molecule has 0 spiro atoms. The number of rotatable bonds is 6. The highest BCUT2D eigenvalue weighted by atomic mass is 16.5. The molecular weight excluding hydrogens is 340 g/mol. The van der Waals surface area contributed by atoms with Crippen molar-refractivity contribution in [1.29, 1.82) is 0 Å². The average molecular weight is 360 g/mol. The van der Waals surface area contributed by atoms with Gasteiger partial charge in [0.05, 0.1) is 12.2 Å². The quantitative estimate of drug-likeness (QED) is 0.476. The maximum Gasteiger partial charge on any atom is 0.338 e. The van der Waals surface area contributed by atoms with E-state index in [-0.39, 0.29) is 6.61 Å². The fourth-order valence-electron chi connectivity index (χ4n) is 2.83. The predicted octanol–water partition coefficient (Wildman–Crippen LogP) is 4.60. The van der Waals surface area contributed by atoms with Crippen molar-refractivity contribution in [3.05, 3.63) is 102 Å². The highest BCUT2D eigenvalue weighted by Crippen LogP contribution is 2.27. The van der Waals surface area contributed by atoms with Gasteiger partial charge in [0.15, 0.2) is 0 Å². The van der Waals surface area contributed by atoms with Gasteiger partial charge in [-0.05, 0) is 36.2 Å². The largest absolute Gasteiger partial charge is 0.462 e. The molecule has 0 aliphatic heterocycles. The Kier molecular flexibility index (Phi) is 6.00. The van der Waals surface area contributed by atoms with E-state index in [0.717, 1.165) is 11.1 Å². The molecule has 0 unspecified atom stereocenters. The minimum atomic E-state index is -0.557. The topological polar surface area (TPSA) is 52.6 Å². The number of hydrogen-bond donors (Lipinski definition) is 0. The van der Waals surface area contributed by atoms with Gasteiger partial charge in [-0.1, -0.05) is 66.7 Å². The van der Waals surface area contributed by atoms with Gasteiger partial charge in [0, 0.05) is 0 Å². The zero-order chi connectivity index (χ0) is 19.1. The Hall–Kier alpha value is -3.40. The van der Waals surface area contributed by atoms with Crippen LogP contribution in [-0.4, -0.2) is 18.5 Å². The van der Waals surface area contributed by atoms with Gasteiger partial charge in [-0.2, -0.15) is 0 Å². The summed E-state index contributed by atoms with van der Waals surface area (Å²) in [4.78, 5) is 24.9. The minimum absolute atomic E-state index is 0.285. The molecule has 27 heavy (non-hydrogen) atoms. The summed E-state index contributed by atoms with van der Waals surface area (Å²) in [6, 6.07) is 25.4. The fraction of sp³-hybridized carbons (Fsp3) is 0.130. The van der Waals surface area contributed by atoms with E-state index in [0.29, 0.717) is 11.3 Å². The third-order valence-electron chi connectivity index (χ3n) is 4.07. The molecule has 0 heterocycles. The summed E-state index contributed by atoms with van der Waals surface area (Å²) in [6.45, 7) is 2.03. The maximum atomic E-state index is 13.0.